The van der Waals surface area contributed by atoms with Crippen molar-refractivity contribution >= 4 is 0 Å². The second-order valence-corrected chi connectivity index (χ2v) is 2.43. The van der Waals surface area contributed by atoms with Crippen LogP contribution >= 0.6 is 0 Å². The Balaban J connectivity index is 2.13. The molecule has 0 atom stereocenters. The topological polar surface area (TPSA) is 9.23 Å². The van der Waals surface area contributed by atoms with Crippen molar-refractivity contribution in [2.75, 3.05) is 13.7 Å². The summed E-state index contributed by atoms with van der Waals surface area (Å²) in [5.41, 5.74) is 0.328. The maximum atomic E-state index is 4.91. The summed E-state index contributed by atoms with van der Waals surface area (Å²) < 4.78 is 4.91. The molecule has 0 saturated heterocycles. The molecule has 1 radical (unpaired) electrons. The lowest BCUT2D eigenvalue weighted by atomic mass is 10.2. The van der Waals surface area contributed by atoms with Gasteiger partial charge in [0.05, 0.1) is 6.61 Å². The summed E-state index contributed by atoms with van der Waals surface area (Å²) in [5, 5.41) is 0. The predicted octanol–water partition coefficient (Wildman–Crippen LogP) is 1.25. The molecule has 0 bridgehead atoms. The van der Waals surface area contributed by atoms with Crippen LogP contribution in [-0.2, 0) is 4.74 Å². The smallest absolute Gasteiger partial charge is 0.0518 e. The van der Waals surface area contributed by atoms with Crippen molar-refractivity contribution in [3.05, 3.63) is 6.92 Å². The van der Waals surface area contributed by atoms with Crippen molar-refractivity contribution in [1.82, 2.24) is 0 Å². The minimum absolute atomic E-state index is 0.328. The molecule has 0 spiro atoms. The average Bonchev–Trinajstić information content (AvgIpc) is 2.22. The van der Waals surface area contributed by atoms with Crippen molar-refractivity contribution in [3.8, 4) is 0 Å². The van der Waals surface area contributed by atoms with Gasteiger partial charge in [-0.2, -0.15) is 0 Å². The molecule has 0 amide bonds. The zero-order valence-electron chi connectivity index (χ0n) is 4.74. The normalized spacial score (nSPS) is 24.9. The largest absolute Gasteiger partial charge is 0.384 e. The summed E-state index contributed by atoms with van der Waals surface area (Å²) in [6, 6.07) is 0. The van der Waals surface area contributed by atoms with Gasteiger partial charge in [0.15, 0.2) is 0 Å². The zero-order valence-corrected chi connectivity index (χ0v) is 4.74. The average molecular weight is 99.2 g/mol. The monoisotopic (exact) mass is 99.1 g/mol. The molecule has 7 heavy (non-hydrogen) atoms. The lowest BCUT2D eigenvalue weighted by molar-refractivity contribution is 0.160. The molecule has 0 heterocycles. The van der Waals surface area contributed by atoms with Gasteiger partial charge in [0.1, 0.15) is 0 Å². The van der Waals surface area contributed by atoms with Crippen LogP contribution in [0.3, 0.4) is 0 Å². The summed E-state index contributed by atoms with van der Waals surface area (Å²) in [7, 11) is 1.73. The van der Waals surface area contributed by atoms with Crippen molar-refractivity contribution in [3.63, 3.8) is 0 Å². The van der Waals surface area contributed by atoms with Gasteiger partial charge in [0.2, 0.25) is 0 Å². The number of ether oxygens (including phenoxy) is 1. The van der Waals surface area contributed by atoms with Gasteiger partial charge in [-0.05, 0) is 25.2 Å². The Morgan fingerprint density at radius 1 is 1.71 bits per heavy atom. The third-order valence-corrected chi connectivity index (χ3v) is 1.41. The Kier molecular flexibility index (Phi) is 1.08. The summed E-state index contributed by atoms with van der Waals surface area (Å²) in [6.07, 6.45) is 2.50. The first kappa shape index (κ1) is 5.10. The Morgan fingerprint density at radius 2 is 2.29 bits per heavy atom. The minimum Gasteiger partial charge on any atom is -0.384 e. The molecule has 1 rings (SSSR count). The second kappa shape index (κ2) is 1.48. The Hall–Kier alpha value is -0.0400. The Morgan fingerprint density at radius 3 is 2.43 bits per heavy atom. The van der Waals surface area contributed by atoms with E-state index >= 15 is 0 Å². The second-order valence-electron chi connectivity index (χ2n) is 2.43. The molecule has 0 unspecified atom stereocenters. The van der Waals surface area contributed by atoms with Crippen molar-refractivity contribution < 1.29 is 4.74 Å². The molecule has 1 nitrogen and oxygen atoms in total. The molecule has 1 heteroatoms. The fourth-order valence-electron chi connectivity index (χ4n) is 0.627. The van der Waals surface area contributed by atoms with Crippen LogP contribution in [-0.4, -0.2) is 13.7 Å². The molecule has 0 N–H and O–H groups in total. The van der Waals surface area contributed by atoms with E-state index < -0.39 is 0 Å². The molecule has 1 aliphatic carbocycles. The van der Waals surface area contributed by atoms with E-state index in [1.165, 1.54) is 12.8 Å². The highest BCUT2D eigenvalue weighted by Crippen LogP contribution is 2.44. The standard InChI is InChI=1S/C6H11O/c1-6(3-4-6)5-7-2/h1,3-5H2,2H3. The maximum Gasteiger partial charge on any atom is 0.0518 e. The summed E-state index contributed by atoms with van der Waals surface area (Å²) in [5.74, 6) is 0. The SMILES string of the molecule is [CH2]C1(COC)CC1. The maximum absolute atomic E-state index is 4.91. The molecule has 0 aliphatic heterocycles. The number of hydrogen-bond acceptors (Lipinski definition) is 1. The van der Waals surface area contributed by atoms with E-state index in [4.69, 9.17) is 4.74 Å². The highest BCUT2D eigenvalue weighted by Gasteiger charge is 2.36. The third kappa shape index (κ3) is 1.16. The van der Waals surface area contributed by atoms with Crippen molar-refractivity contribution in [2.45, 2.75) is 12.8 Å². The first-order valence-corrected chi connectivity index (χ1v) is 2.61. The van der Waals surface area contributed by atoms with Crippen LogP contribution in [0.15, 0.2) is 0 Å². The molecular formula is C6H11O. The van der Waals surface area contributed by atoms with E-state index in [1.54, 1.807) is 7.11 Å². The molecule has 1 saturated carbocycles. The number of methoxy groups -OCH3 is 1. The van der Waals surface area contributed by atoms with Crippen LogP contribution in [0, 0.1) is 12.3 Å². The lowest BCUT2D eigenvalue weighted by Gasteiger charge is -2.02. The lowest BCUT2D eigenvalue weighted by Crippen LogP contribution is -2.02. The predicted molar refractivity (Wildman–Crippen MR) is 28.9 cm³/mol. The number of rotatable bonds is 2. The zero-order chi connectivity index (χ0) is 5.33. The van der Waals surface area contributed by atoms with E-state index in [1.807, 2.05) is 0 Å². The van der Waals surface area contributed by atoms with Crippen LogP contribution in [0.5, 0.6) is 0 Å². The van der Waals surface area contributed by atoms with E-state index in [0.29, 0.717) is 5.41 Å². The fraction of sp³-hybridized carbons (Fsp3) is 0.833. The van der Waals surface area contributed by atoms with Crippen molar-refractivity contribution in [1.29, 1.82) is 0 Å². The van der Waals surface area contributed by atoms with Crippen LogP contribution in [0.4, 0.5) is 0 Å². The van der Waals surface area contributed by atoms with Gasteiger partial charge in [0, 0.05) is 7.11 Å². The molecule has 41 valence electrons. The minimum atomic E-state index is 0.328. The number of hydrogen-bond donors (Lipinski definition) is 0. The van der Waals surface area contributed by atoms with E-state index in [-0.39, 0.29) is 0 Å². The van der Waals surface area contributed by atoms with Crippen LogP contribution in [0.25, 0.3) is 0 Å². The van der Waals surface area contributed by atoms with Gasteiger partial charge in [-0.15, -0.1) is 0 Å². The van der Waals surface area contributed by atoms with Crippen LogP contribution < -0.4 is 0 Å². The molecule has 1 aliphatic rings. The summed E-state index contributed by atoms with van der Waals surface area (Å²) >= 11 is 0. The van der Waals surface area contributed by atoms with Gasteiger partial charge >= 0.3 is 0 Å². The molecular weight excluding hydrogens is 88.1 g/mol. The van der Waals surface area contributed by atoms with E-state index in [9.17, 15) is 0 Å². The Bertz CT molecular complexity index is 64.6. The van der Waals surface area contributed by atoms with Crippen molar-refractivity contribution in [2.24, 2.45) is 5.41 Å². The van der Waals surface area contributed by atoms with Gasteiger partial charge in [-0.1, -0.05) is 0 Å². The van der Waals surface area contributed by atoms with Gasteiger partial charge in [-0.3, -0.25) is 0 Å². The van der Waals surface area contributed by atoms with Gasteiger partial charge < -0.3 is 4.74 Å². The summed E-state index contributed by atoms with van der Waals surface area (Å²) in [6.45, 7) is 4.79. The van der Waals surface area contributed by atoms with Crippen LogP contribution in [0.1, 0.15) is 12.8 Å². The first-order chi connectivity index (χ1) is 3.27. The highest BCUT2D eigenvalue weighted by atomic mass is 16.5. The fourth-order valence-corrected chi connectivity index (χ4v) is 0.627. The van der Waals surface area contributed by atoms with E-state index in [2.05, 4.69) is 6.92 Å². The van der Waals surface area contributed by atoms with Gasteiger partial charge in [0.25, 0.3) is 0 Å². The molecule has 0 aromatic carbocycles. The van der Waals surface area contributed by atoms with Gasteiger partial charge in [-0.25, -0.2) is 0 Å². The molecule has 0 aromatic rings. The molecule has 0 aromatic heterocycles. The third-order valence-electron chi connectivity index (χ3n) is 1.41. The van der Waals surface area contributed by atoms with Crippen LogP contribution in [0.2, 0.25) is 0 Å². The summed E-state index contributed by atoms with van der Waals surface area (Å²) in [4.78, 5) is 0. The van der Waals surface area contributed by atoms with E-state index in [0.717, 1.165) is 6.61 Å². The first-order valence-electron chi connectivity index (χ1n) is 2.61. The molecule has 1 fully saturated rings. The quantitative estimate of drug-likeness (QED) is 0.506. The highest BCUT2D eigenvalue weighted by molar-refractivity contribution is 4.94. The Labute approximate surface area is 44.7 Å².